The van der Waals surface area contributed by atoms with Crippen LogP contribution in [0.5, 0.6) is 0 Å². The van der Waals surface area contributed by atoms with Crippen LogP contribution >= 0.6 is 0 Å². The molecule has 3 aromatic rings. The van der Waals surface area contributed by atoms with Crippen LogP contribution in [0.3, 0.4) is 0 Å². The van der Waals surface area contributed by atoms with Crippen LogP contribution in [-0.4, -0.2) is 34.3 Å². The van der Waals surface area contributed by atoms with Gasteiger partial charge >= 0.3 is 0 Å². The first-order chi connectivity index (χ1) is 12.1. The van der Waals surface area contributed by atoms with E-state index < -0.39 is 11.0 Å². The number of fused-ring (bicyclic) bond motifs is 2. The standard InChI is InChI=1S/C17H16FN3O3S/c18-11-7-10-12(8-13(11)25-5-3-19-4-6-25)21(9-1-2-9)17-14(15(10)22)16(23)20-24-17/h7-9,19H,1-6H2/p+1. The fourth-order valence-corrected chi connectivity index (χ4v) is 5.62. The summed E-state index contributed by atoms with van der Waals surface area (Å²) in [4.78, 5) is 25.4. The van der Waals surface area contributed by atoms with E-state index in [1.165, 1.54) is 6.07 Å². The number of halogens is 1. The molecule has 2 aromatic heterocycles. The molecule has 2 aliphatic rings. The van der Waals surface area contributed by atoms with Crippen molar-refractivity contribution in [2.45, 2.75) is 23.8 Å². The predicted octanol–water partition coefficient (Wildman–Crippen LogP) is 1.49. The average molecular weight is 362 g/mol. The molecule has 130 valence electrons. The normalized spacial score (nSPS) is 19.1. The fourth-order valence-electron chi connectivity index (χ4n) is 3.59. The average Bonchev–Trinajstić information content (AvgIpc) is 3.38. The number of hydrogen-bond donors (Lipinski definition) is 2. The Bertz CT molecular complexity index is 1110. The number of nitrogens with zero attached hydrogens (tertiary/aromatic N) is 1. The summed E-state index contributed by atoms with van der Waals surface area (Å²) in [5.74, 6) is 1.45. The minimum absolute atomic E-state index is 0.0177. The van der Waals surface area contributed by atoms with Crippen LogP contribution in [0.4, 0.5) is 4.39 Å². The molecular weight excluding hydrogens is 345 g/mol. The summed E-state index contributed by atoms with van der Waals surface area (Å²) in [6.45, 7) is 1.75. The second-order valence-electron chi connectivity index (χ2n) is 6.59. The molecule has 0 amide bonds. The molecule has 1 saturated carbocycles. The molecule has 2 fully saturated rings. The second kappa shape index (κ2) is 5.47. The summed E-state index contributed by atoms with van der Waals surface area (Å²) in [6.07, 6.45) is 1.93. The molecule has 1 aliphatic heterocycles. The maximum Gasteiger partial charge on any atom is 0.293 e. The summed E-state index contributed by atoms with van der Waals surface area (Å²) >= 11 is 0. The van der Waals surface area contributed by atoms with Crippen LogP contribution < -0.4 is 16.3 Å². The van der Waals surface area contributed by atoms with Crippen LogP contribution in [0, 0.1) is 5.82 Å². The molecule has 0 bridgehead atoms. The molecule has 1 aliphatic carbocycles. The third kappa shape index (κ3) is 2.27. The minimum atomic E-state index is -0.555. The van der Waals surface area contributed by atoms with Gasteiger partial charge in [-0.1, -0.05) is 0 Å². The van der Waals surface area contributed by atoms with Crippen molar-refractivity contribution in [2.75, 3.05) is 24.6 Å². The first-order valence-electron chi connectivity index (χ1n) is 8.42. The number of rotatable bonds is 2. The largest absolute Gasteiger partial charge is 0.360 e. The smallest absolute Gasteiger partial charge is 0.293 e. The fraction of sp³-hybridized carbons (Fsp3) is 0.412. The monoisotopic (exact) mass is 362 g/mol. The summed E-state index contributed by atoms with van der Waals surface area (Å²) in [7, 11) is -0.165. The molecule has 0 atom stereocenters. The maximum absolute atomic E-state index is 14.8. The van der Waals surface area contributed by atoms with E-state index in [-0.39, 0.29) is 39.2 Å². The van der Waals surface area contributed by atoms with E-state index in [0.717, 1.165) is 37.4 Å². The number of H-pyrrole nitrogens is 1. The van der Waals surface area contributed by atoms with Crippen LogP contribution in [0.1, 0.15) is 18.9 Å². The maximum atomic E-state index is 14.8. The second-order valence-corrected chi connectivity index (χ2v) is 8.84. The number of hydrogen-bond acceptors (Lipinski definition) is 4. The van der Waals surface area contributed by atoms with Crippen molar-refractivity contribution in [1.29, 1.82) is 0 Å². The number of benzene rings is 1. The van der Waals surface area contributed by atoms with Gasteiger partial charge in [0, 0.05) is 36.1 Å². The van der Waals surface area contributed by atoms with Crippen LogP contribution in [0.15, 0.2) is 31.1 Å². The van der Waals surface area contributed by atoms with Crippen LogP contribution in [-0.2, 0) is 10.9 Å². The highest BCUT2D eigenvalue weighted by Gasteiger charge is 2.33. The zero-order valence-electron chi connectivity index (χ0n) is 13.4. The highest BCUT2D eigenvalue weighted by atomic mass is 32.2. The molecule has 25 heavy (non-hydrogen) atoms. The topological polar surface area (TPSA) is 80.0 Å². The van der Waals surface area contributed by atoms with Crippen molar-refractivity contribution in [3.8, 4) is 0 Å². The predicted molar refractivity (Wildman–Crippen MR) is 95.1 cm³/mol. The number of pyridine rings is 1. The third-order valence-corrected chi connectivity index (χ3v) is 7.28. The lowest BCUT2D eigenvalue weighted by Gasteiger charge is -2.16. The lowest BCUT2D eigenvalue weighted by atomic mass is 10.1. The van der Waals surface area contributed by atoms with Crippen molar-refractivity contribution in [1.82, 2.24) is 15.0 Å². The van der Waals surface area contributed by atoms with Gasteiger partial charge in [-0.25, -0.2) is 4.39 Å². The SMILES string of the molecule is O=c1[nH]oc2c1c(=O)c1cc(F)c([S+]3CCNCC3)cc1n2C1CC1. The Labute approximate surface area is 144 Å². The third-order valence-electron chi connectivity index (χ3n) is 4.96. The Morgan fingerprint density at radius 3 is 2.68 bits per heavy atom. The van der Waals surface area contributed by atoms with Gasteiger partial charge in [0.2, 0.25) is 11.1 Å². The van der Waals surface area contributed by atoms with Crippen molar-refractivity contribution in [3.05, 3.63) is 38.5 Å². The quantitative estimate of drug-likeness (QED) is 0.677. The zero-order chi connectivity index (χ0) is 17.1. The van der Waals surface area contributed by atoms with Crippen molar-refractivity contribution in [2.24, 2.45) is 0 Å². The zero-order valence-corrected chi connectivity index (χ0v) is 14.2. The molecular formula is C17H17FN3O3S+. The van der Waals surface area contributed by atoms with E-state index in [0.29, 0.717) is 10.4 Å². The molecule has 0 spiro atoms. The van der Waals surface area contributed by atoms with E-state index >= 15 is 0 Å². The van der Waals surface area contributed by atoms with E-state index in [9.17, 15) is 14.0 Å². The summed E-state index contributed by atoms with van der Waals surface area (Å²) in [6, 6.07) is 3.32. The molecule has 8 heteroatoms. The van der Waals surface area contributed by atoms with Gasteiger partial charge in [0.15, 0.2) is 16.1 Å². The lowest BCUT2D eigenvalue weighted by molar-refractivity contribution is 0.428. The lowest BCUT2D eigenvalue weighted by Crippen LogP contribution is -2.36. The van der Waals surface area contributed by atoms with E-state index in [2.05, 4.69) is 10.5 Å². The Morgan fingerprint density at radius 1 is 1.20 bits per heavy atom. The Balaban J connectivity index is 1.86. The molecule has 3 heterocycles. The molecule has 0 radical (unpaired) electrons. The molecule has 2 N–H and O–H groups in total. The first-order valence-corrected chi connectivity index (χ1v) is 9.98. The van der Waals surface area contributed by atoms with Gasteiger partial charge in [0.1, 0.15) is 11.5 Å². The van der Waals surface area contributed by atoms with Gasteiger partial charge in [-0.3, -0.25) is 9.59 Å². The van der Waals surface area contributed by atoms with E-state index in [1.807, 2.05) is 10.6 Å². The van der Waals surface area contributed by atoms with Crippen molar-refractivity contribution < 1.29 is 8.91 Å². The van der Waals surface area contributed by atoms with E-state index in [1.54, 1.807) is 0 Å². The highest BCUT2D eigenvalue weighted by molar-refractivity contribution is 7.97. The van der Waals surface area contributed by atoms with Crippen LogP contribution in [0.2, 0.25) is 0 Å². The van der Waals surface area contributed by atoms with Gasteiger partial charge in [0.05, 0.1) is 10.9 Å². The molecule has 1 aromatic carbocycles. The molecule has 5 rings (SSSR count). The van der Waals surface area contributed by atoms with Gasteiger partial charge in [-0.15, -0.1) is 0 Å². The molecule has 0 unspecified atom stereocenters. The van der Waals surface area contributed by atoms with Crippen molar-refractivity contribution in [3.63, 3.8) is 0 Å². The molecule has 1 saturated heterocycles. The van der Waals surface area contributed by atoms with Gasteiger partial charge in [-0.05, 0) is 18.9 Å². The minimum Gasteiger partial charge on any atom is -0.360 e. The Hall–Kier alpha value is -2.06. The number of aromatic amines is 1. The number of nitrogens with one attached hydrogen (secondary N) is 2. The first kappa shape index (κ1) is 15.2. The van der Waals surface area contributed by atoms with Crippen molar-refractivity contribution >= 4 is 32.9 Å². The molecule has 6 nitrogen and oxygen atoms in total. The van der Waals surface area contributed by atoms with Gasteiger partial charge in [0.25, 0.3) is 5.56 Å². The Morgan fingerprint density at radius 2 is 1.96 bits per heavy atom. The highest BCUT2D eigenvalue weighted by Crippen LogP contribution is 2.39. The summed E-state index contributed by atoms with van der Waals surface area (Å²) in [5, 5.41) is 5.79. The summed E-state index contributed by atoms with van der Waals surface area (Å²) < 4.78 is 22.0. The van der Waals surface area contributed by atoms with Gasteiger partial charge < -0.3 is 14.4 Å². The number of aromatic nitrogens is 2. The Kier molecular flexibility index (Phi) is 3.33. The summed E-state index contributed by atoms with van der Waals surface area (Å²) in [5.41, 5.74) is -0.0709. The van der Waals surface area contributed by atoms with Gasteiger partial charge in [-0.2, -0.15) is 5.16 Å². The van der Waals surface area contributed by atoms with Crippen LogP contribution in [0.25, 0.3) is 22.0 Å². The van der Waals surface area contributed by atoms with E-state index in [4.69, 9.17) is 4.52 Å².